The molecule has 2 aromatic heterocycles. The third-order valence-corrected chi connectivity index (χ3v) is 2.94. The smallest absolute Gasteiger partial charge is 0.417 e. The molecule has 0 fully saturated rings. The fourth-order valence-corrected chi connectivity index (χ4v) is 1.82. The number of hydrogen-bond donors (Lipinski definition) is 2. The normalized spacial score (nSPS) is 11.1. The molecule has 120 valence electrons. The molecule has 0 aromatic carbocycles. The molecule has 2 aromatic rings. The summed E-state index contributed by atoms with van der Waals surface area (Å²) in [5.41, 5.74) is -1.87. The zero-order chi connectivity index (χ0) is 17.2. The number of halogens is 4. The molecule has 0 spiro atoms. The Bertz CT molecular complexity index is 781. The number of anilines is 1. The van der Waals surface area contributed by atoms with Crippen LogP contribution in [0.1, 0.15) is 26.4 Å². The highest BCUT2D eigenvalue weighted by Gasteiger charge is 2.31. The van der Waals surface area contributed by atoms with Crippen molar-refractivity contribution in [2.24, 2.45) is 0 Å². The van der Waals surface area contributed by atoms with Crippen molar-refractivity contribution < 1.29 is 27.9 Å². The minimum Gasteiger partial charge on any atom is -0.478 e. The summed E-state index contributed by atoms with van der Waals surface area (Å²) in [4.78, 5) is 30.1. The lowest BCUT2D eigenvalue weighted by molar-refractivity contribution is -0.137. The van der Waals surface area contributed by atoms with Crippen molar-refractivity contribution in [2.45, 2.75) is 6.18 Å². The summed E-state index contributed by atoms with van der Waals surface area (Å²) in [5.74, 6) is -2.68. The summed E-state index contributed by atoms with van der Waals surface area (Å²) in [6.07, 6.45) is -2.93. The molecule has 10 heteroatoms. The summed E-state index contributed by atoms with van der Waals surface area (Å²) in [6.45, 7) is 0. The molecule has 0 bridgehead atoms. The maximum Gasteiger partial charge on any atom is 0.417 e. The Hall–Kier alpha value is -2.68. The van der Waals surface area contributed by atoms with Gasteiger partial charge in [-0.05, 0) is 18.2 Å². The summed E-state index contributed by atoms with van der Waals surface area (Å²) in [7, 11) is 0. The van der Waals surface area contributed by atoms with E-state index in [0.29, 0.717) is 12.3 Å². The van der Waals surface area contributed by atoms with Gasteiger partial charge in [-0.3, -0.25) is 9.78 Å². The van der Waals surface area contributed by atoms with E-state index in [1.54, 1.807) is 0 Å². The van der Waals surface area contributed by atoms with Gasteiger partial charge < -0.3 is 10.4 Å². The Labute approximate surface area is 131 Å². The monoisotopic (exact) mass is 345 g/mol. The van der Waals surface area contributed by atoms with E-state index in [1.807, 2.05) is 0 Å². The van der Waals surface area contributed by atoms with E-state index < -0.39 is 34.3 Å². The first-order valence-corrected chi connectivity index (χ1v) is 6.30. The number of amides is 1. The zero-order valence-electron chi connectivity index (χ0n) is 11.1. The van der Waals surface area contributed by atoms with Gasteiger partial charge in [-0.25, -0.2) is 9.78 Å². The SMILES string of the molecule is O=C(O)c1cccnc1C(=O)Nc1ncc(C(F)(F)F)cc1Cl. The number of carboxylic acids is 1. The van der Waals surface area contributed by atoms with E-state index in [2.05, 4.69) is 15.3 Å². The van der Waals surface area contributed by atoms with Crippen molar-refractivity contribution >= 4 is 29.3 Å². The van der Waals surface area contributed by atoms with Gasteiger partial charge in [0.2, 0.25) is 0 Å². The number of carboxylic acid groups (broad SMARTS) is 1. The predicted octanol–water partition coefficient (Wildman–Crippen LogP) is 3.10. The summed E-state index contributed by atoms with van der Waals surface area (Å²) < 4.78 is 37.5. The molecule has 2 N–H and O–H groups in total. The highest BCUT2D eigenvalue weighted by molar-refractivity contribution is 6.33. The number of rotatable bonds is 3. The number of carbonyl (C=O) groups is 2. The minimum absolute atomic E-state index is 0.341. The molecule has 0 atom stereocenters. The number of hydrogen-bond acceptors (Lipinski definition) is 4. The number of pyridine rings is 2. The average molecular weight is 346 g/mol. The van der Waals surface area contributed by atoms with E-state index >= 15 is 0 Å². The minimum atomic E-state index is -4.63. The van der Waals surface area contributed by atoms with E-state index in [1.165, 1.54) is 12.3 Å². The van der Waals surface area contributed by atoms with Gasteiger partial charge in [-0.2, -0.15) is 13.2 Å². The van der Waals surface area contributed by atoms with Crippen LogP contribution in [0.3, 0.4) is 0 Å². The van der Waals surface area contributed by atoms with Crippen molar-refractivity contribution in [1.82, 2.24) is 9.97 Å². The molecule has 2 heterocycles. The van der Waals surface area contributed by atoms with Crippen molar-refractivity contribution in [3.05, 3.63) is 52.4 Å². The molecular weight excluding hydrogens is 339 g/mol. The van der Waals surface area contributed by atoms with E-state index in [0.717, 1.165) is 6.07 Å². The van der Waals surface area contributed by atoms with Gasteiger partial charge in [-0.15, -0.1) is 0 Å². The largest absolute Gasteiger partial charge is 0.478 e. The summed E-state index contributed by atoms with van der Waals surface area (Å²) in [5, 5.41) is 10.7. The van der Waals surface area contributed by atoms with Crippen LogP contribution in [0.25, 0.3) is 0 Å². The Morgan fingerprint density at radius 3 is 2.52 bits per heavy atom. The highest BCUT2D eigenvalue weighted by atomic mass is 35.5. The molecule has 0 radical (unpaired) electrons. The van der Waals surface area contributed by atoms with Crippen LogP contribution in [0.4, 0.5) is 19.0 Å². The second-order valence-electron chi connectivity index (χ2n) is 4.21. The van der Waals surface area contributed by atoms with Crippen LogP contribution in [0.15, 0.2) is 30.6 Å². The number of aromatic nitrogens is 2. The van der Waals surface area contributed by atoms with Crippen LogP contribution in [-0.2, 0) is 6.18 Å². The molecule has 0 aliphatic heterocycles. The van der Waals surface area contributed by atoms with E-state index in [9.17, 15) is 22.8 Å². The first kappa shape index (κ1) is 16.7. The fraction of sp³-hybridized carbons (Fsp3) is 0.0769. The summed E-state index contributed by atoms with van der Waals surface area (Å²) >= 11 is 5.66. The number of nitrogens with zero attached hydrogens (tertiary/aromatic N) is 2. The highest BCUT2D eigenvalue weighted by Crippen LogP contribution is 2.32. The molecule has 1 amide bonds. The van der Waals surface area contributed by atoms with Crippen molar-refractivity contribution in [3.8, 4) is 0 Å². The number of aromatic carboxylic acids is 1. The first-order chi connectivity index (χ1) is 10.7. The average Bonchev–Trinajstić information content (AvgIpc) is 2.48. The molecule has 0 aliphatic carbocycles. The van der Waals surface area contributed by atoms with Gasteiger partial charge in [0.15, 0.2) is 5.82 Å². The second-order valence-corrected chi connectivity index (χ2v) is 4.62. The second kappa shape index (κ2) is 6.21. The van der Waals surface area contributed by atoms with Crippen molar-refractivity contribution in [3.63, 3.8) is 0 Å². The Morgan fingerprint density at radius 2 is 1.96 bits per heavy atom. The number of alkyl halides is 3. The zero-order valence-corrected chi connectivity index (χ0v) is 11.8. The number of carbonyl (C=O) groups excluding carboxylic acids is 1. The van der Waals surface area contributed by atoms with Crippen molar-refractivity contribution in [1.29, 1.82) is 0 Å². The molecular formula is C13H7ClF3N3O3. The number of nitrogens with one attached hydrogen (secondary N) is 1. The van der Waals surface area contributed by atoms with Crippen molar-refractivity contribution in [2.75, 3.05) is 5.32 Å². The first-order valence-electron chi connectivity index (χ1n) is 5.92. The van der Waals surface area contributed by atoms with E-state index in [-0.39, 0.29) is 11.4 Å². The lowest BCUT2D eigenvalue weighted by Crippen LogP contribution is -2.19. The Balaban J connectivity index is 2.30. The quantitative estimate of drug-likeness (QED) is 0.891. The predicted molar refractivity (Wildman–Crippen MR) is 73.4 cm³/mol. The molecule has 0 saturated heterocycles. The van der Waals surface area contributed by atoms with Gasteiger partial charge in [0.05, 0.1) is 16.1 Å². The van der Waals surface area contributed by atoms with Crippen LogP contribution in [0.2, 0.25) is 5.02 Å². The molecule has 2 rings (SSSR count). The molecule has 0 saturated carbocycles. The van der Waals surface area contributed by atoms with Crippen LogP contribution in [-0.4, -0.2) is 27.0 Å². The van der Waals surface area contributed by atoms with Gasteiger partial charge in [0, 0.05) is 12.4 Å². The molecule has 0 unspecified atom stereocenters. The fourth-order valence-electron chi connectivity index (χ4n) is 1.61. The Morgan fingerprint density at radius 1 is 1.26 bits per heavy atom. The molecule has 6 nitrogen and oxygen atoms in total. The van der Waals surface area contributed by atoms with Crippen LogP contribution >= 0.6 is 11.6 Å². The van der Waals surface area contributed by atoms with Gasteiger partial charge in [0.25, 0.3) is 5.91 Å². The summed E-state index contributed by atoms with van der Waals surface area (Å²) in [6, 6.07) is 3.08. The third-order valence-electron chi connectivity index (χ3n) is 2.65. The van der Waals surface area contributed by atoms with Crippen LogP contribution < -0.4 is 5.32 Å². The van der Waals surface area contributed by atoms with Gasteiger partial charge in [-0.1, -0.05) is 11.6 Å². The van der Waals surface area contributed by atoms with Gasteiger partial charge in [0.1, 0.15) is 5.69 Å². The van der Waals surface area contributed by atoms with Gasteiger partial charge >= 0.3 is 12.1 Å². The maximum absolute atomic E-state index is 12.5. The molecule has 0 aliphatic rings. The topological polar surface area (TPSA) is 92.2 Å². The lowest BCUT2D eigenvalue weighted by Gasteiger charge is -2.10. The molecule has 23 heavy (non-hydrogen) atoms. The Kier molecular flexibility index (Phi) is 4.50. The standard InChI is InChI=1S/C13H7ClF3N3O3/c14-8-4-6(13(15,16)17)5-19-10(8)20-11(21)9-7(12(22)23)2-1-3-18-9/h1-5H,(H,22,23)(H,19,20,21). The lowest BCUT2D eigenvalue weighted by atomic mass is 10.2. The van der Waals surface area contributed by atoms with Crippen LogP contribution in [0.5, 0.6) is 0 Å². The maximum atomic E-state index is 12.5. The van der Waals surface area contributed by atoms with E-state index in [4.69, 9.17) is 16.7 Å². The third kappa shape index (κ3) is 3.75. The van der Waals surface area contributed by atoms with Crippen LogP contribution in [0, 0.1) is 0 Å².